The van der Waals surface area contributed by atoms with Crippen LogP contribution in [-0.4, -0.2) is 39.5 Å². The zero-order valence-corrected chi connectivity index (χ0v) is 19.8. The molecular formula is C28H37N3O. The second-order valence-corrected chi connectivity index (χ2v) is 10.3. The SMILES string of the molecule is CCc1nn(C2CCCC2)c2cc(C3CN(C(C)c4ccccc4)C[C@@]3(C)CO)ccc12. The van der Waals surface area contributed by atoms with Crippen molar-refractivity contribution >= 4 is 10.9 Å². The Hall–Kier alpha value is -2.17. The van der Waals surface area contributed by atoms with Crippen LogP contribution >= 0.6 is 0 Å². The highest BCUT2D eigenvalue weighted by Crippen LogP contribution is 2.46. The smallest absolute Gasteiger partial charge is 0.0700 e. The van der Waals surface area contributed by atoms with Crippen molar-refractivity contribution in [2.45, 2.75) is 70.9 Å². The minimum Gasteiger partial charge on any atom is -0.396 e. The van der Waals surface area contributed by atoms with E-state index < -0.39 is 0 Å². The van der Waals surface area contributed by atoms with Crippen LogP contribution in [0, 0.1) is 5.41 Å². The lowest BCUT2D eigenvalue weighted by Crippen LogP contribution is -2.31. The molecule has 1 aliphatic heterocycles. The molecule has 5 rings (SSSR count). The van der Waals surface area contributed by atoms with E-state index in [-0.39, 0.29) is 12.0 Å². The number of aliphatic hydroxyl groups is 1. The van der Waals surface area contributed by atoms with Crippen molar-refractivity contribution < 1.29 is 5.11 Å². The number of aromatic nitrogens is 2. The Morgan fingerprint density at radius 3 is 2.56 bits per heavy atom. The Balaban J connectivity index is 1.51. The largest absolute Gasteiger partial charge is 0.396 e. The van der Waals surface area contributed by atoms with Gasteiger partial charge in [0.15, 0.2) is 0 Å². The second kappa shape index (κ2) is 8.64. The number of hydrogen-bond donors (Lipinski definition) is 1. The number of likely N-dealkylation sites (tertiary alicyclic amines) is 1. The number of aryl methyl sites for hydroxylation is 1. The van der Waals surface area contributed by atoms with Crippen LogP contribution in [0.2, 0.25) is 0 Å². The van der Waals surface area contributed by atoms with Crippen LogP contribution < -0.4 is 0 Å². The minimum atomic E-state index is -0.150. The lowest BCUT2D eigenvalue weighted by molar-refractivity contribution is 0.126. The summed E-state index contributed by atoms with van der Waals surface area (Å²) in [4.78, 5) is 2.55. The Morgan fingerprint density at radius 1 is 1.12 bits per heavy atom. The van der Waals surface area contributed by atoms with E-state index in [1.807, 2.05) is 0 Å². The number of aliphatic hydroxyl groups excluding tert-OH is 1. The van der Waals surface area contributed by atoms with E-state index in [1.54, 1.807) is 0 Å². The third-order valence-corrected chi connectivity index (χ3v) is 8.23. The zero-order valence-electron chi connectivity index (χ0n) is 19.8. The van der Waals surface area contributed by atoms with Gasteiger partial charge in [-0.2, -0.15) is 5.10 Å². The molecule has 0 spiro atoms. The van der Waals surface area contributed by atoms with E-state index in [2.05, 4.69) is 78.9 Å². The Kier molecular flexibility index (Phi) is 5.85. The van der Waals surface area contributed by atoms with Crippen LogP contribution in [0.5, 0.6) is 0 Å². The van der Waals surface area contributed by atoms with Crippen LogP contribution in [0.25, 0.3) is 10.9 Å². The first-order valence-electron chi connectivity index (χ1n) is 12.4. The molecule has 1 aliphatic carbocycles. The fourth-order valence-corrected chi connectivity index (χ4v) is 6.12. The summed E-state index contributed by atoms with van der Waals surface area (Å²) in [5, 5.41) is 16.8. The highest BCUT2D eigenvalue weighted by Gasteiger charge is 2.45. The van der Waals surface area contributed by atoms with E-state index in [0.29, 0.717) is 18.0 Å². The van der Waals surface area contributed by atoms with Gasteiger partial charge in [0.05, 0.1) is 23.9 Å². The molecule has 3 aromatic rings. The molecular weight excluding hydrogens is 394 g/mol. The quantitative estimate of drug-likeness (QED) is 0.530. The van der Waals surface area contributed by atoms with E-state index in [0.717, 1.165) is 19.5 Å². The van der Waals surface area contributed by atoms with Crippen molar-refractivity contribution in [3.05, 3.63) is 65.4 Å². The number of fused-ring (bicyclic) bond motifs is 1. The predicted molar refractivity (Wildman–Crippen MR) is 131 cm³/mol. The summed E-state index contributed by atoms with van der Waals surface area (Å²) in [7, 11) is 0. The summed E-state index contributed by atoms with van der Waals surface area (Å²) in [6.45, 7) is 8.83. The van der Waals surface area contributed by atoms with Crippen LogP contribution in [0.4, 0.5) is 0 Å². The molecule has 0 amide bonds. The van der Waals surface area contributed by atoms with Gasteiger partial charge in [-0.05, 0) is 43.4 Å². The first-order chi connectivity index (χ1) is 15.5. The molecule has 0 radical (unpaired) electrons. The lowest BCUT2D eigenvalue weighted by atomic mass is 9.76. The topological polar surface area (TPSA) is 41.3 Å². The Labute approximate surface area is 192 Å². The maximum absolute atomic E-state index is 10.5. The molecule has 2 aromatic carbocycles. The van der Waals surface area contributed by atoms with E-state index in [1.165, 1.54) is 53.4 Å². The van der Waals surface area contributed by atoms with Crippen molar-refractivity contribution in [1.29, 1.82) is 0 Å². The van der Waals surface area contributed by atoms with Crippen molar-refractivity contribution in [1.82, 2.24) is 14.7 Å². The molecule has 1 saturated carbocycles. The zero-order chi connectivity index (χ0) is 22.3. The van der Waals surface area contributed by atoms with Crippen molar-refractivity contribution in [3.63, 3.8) is 0 Å². The molecule has 3 atom stereocenters. The van der Waals surface area contributed by atoms with E-state index in [9.17, 15) is 5.11 Å². The maximum atomic E-state index is 10.5. The molecule has 2 unspecified atom stereocenters. The molecule has 2 heterocycles. The molecule has 2 fully saturated rings. The van der Waals surface area contributed by atoms with Gasteiger partial charge in [0.2, 0.25) is 0 Å². The van der Waals surface area contributed by atoms with Gasteiger partial charge >= 0.3 is 0 Å². The average molecular weight is 432 g/mol. The van der Waals surface area contributed by atoms with Crippen LogP contribution in [0.3, 0.4) is 0 Å². The average Bonchev–Trinajstić information content (AvgIpc) is 3.56. The number of hydrogen-bond acceptors (Lipinski definition) is 3. The minimum absolute atomic E-state index is 0.150. The molecule has 2 aliphatic rings. The molecule has 4 nitrogen and oxygen atoms in total. The van der Waals surface area contributed by atoms with Gasteiger partial charge < -0.3 is 5.11 Å². The summed E-state index contributed by atoms with van der Waals surface area (Å²) in [5.74, 6) is 0.306. The van der Waals surface area contributed by atoms with Gasteiger partial charge in [0, 0.05) is 35.9 Å². The van der Waals surface area contributed by atoms with E-state index >= 15 is 0 Å². The van der Waals surface area contributed by atoms with Crippen LogP contribution in [0.15, 0.2) is 48.5 Å². The van der Waals surface area contributed by atoms with E-state index in [4.69, 9.17) is 5.10 Å². The molecule has 0 bridgehead atoms. The van der Waals surface area contributed by atoms with Gasteiger partial charge in [0.25, 0.3) is 0 Å². The summed E-state index contributed by atoms with van der Waals surface area (Å²) >= 11 is 0. The van der Waals surface area contributed by atoms with Gasteiger partial charge in [0.1, 0.15) is 0 Å². The molecule has 32 heavy (non-hydrogen) atoms. The third-order valence-electron chi connectivity index (χ3n) is 8.23. The first kappa shape index (κ1) is 21.7. The standard InChI is InChI=1S/C28H37N3O/c1-4-26-24-15-14-22(16-27(24)31(29-26)23-12-8-9-13-23)25-17-30(18-28(25,3)19-32)20(2)21-10-6-5-7-11-21/h5-7,10-11,14-16,20,23,25,32H,4,8-9,12-13,17-19H2,1-3H3/t20?,25?,28-/m0/s1. The number of rotatable bonds is 6. The number of nitrogens with zero attached hydrogens (tertiary/aromatic N) is 3. The van der Waals surface area contributed by atoms with Gasteiger partial charge in [-0.3, -0.25) is 9.58 Å². The summed E-state index contributed by atoms with van der Waals surface area (Å²) in [6, 6.07) is 18.6. The van der Waals surface area contributed by atoms with Gasteiger partial charge in [-0.25, -0.2) is 0 Å². The predicted octanol–water partition coefficient (Wildman–Crippen LogP) is 5.87. The fourth-order valence-electron chi connectivity index (χ4n) is 6.12. The van der Waals surface area contributed by atoms with Crippen molar-refractivity contribution in [2.75, 3.05) is 19.7 Å². The molecule has 170 valence electrons. The summed E-state index contributed by atoms with van der Waals surface area (Å²) < 4.78 is 2.33. The second-order valence-electron chi connectivity index (χ2n) is 10.3. The highest BCUT2D eigenvalue weighted by atomic mass is 16.3. The molecule has 1 N–H and O–H groups in total. The van der Waals surface area contributed by atoms with Crippen LogP contribution in [0.1, 0.15) is 81.3 Å². The fraction of sp³-hybridized carbons (Fsp3) is 0.536. The maximum Gasteiger partial charge on any atom is 0.0700 e. The molecule has 4 heteroatoms. The highest BCUT2D eigenvalue weighted by molar-refractivity contribution is 5.83. The summed E-state index contributed by atoms with van der Waals surface area (Å²) in [5.41, 5.74) is 5.05. The third kappa shape index (κ3) is 3.68. The van der Waals surface area contributed by atoms with Crippen LogP contribution in [-0.2, 0) is 6.42 Å². The number of benzene rings is 2. The Bertz CT molecular complexity index is 1070. The molecule has 1 aromatic heterocycles. The molecule has 1 saturated heterocycles. The monoisotopic (exact) mass is 431 g/mol. The Morgan fingerprint density at radius 2 is 1.88 bits per heavy atom. The first-order valence-corrected chi connectivity index (χ1v) is 12.4. The van der Waals surface area contributed by atoms with Gasteiger partial charge in [-0.1, -0.05) is 69.2 Å². The van der Waals surface area contributed by atoms with Gasteiger partial charge in [-0.15, -0.1) is 0 Å². The normalized spacial score (nSPS) is 25.7. The van der Waals surface area contributed by atoms with Crippen molar-refractivity contribution in [2.24, 2.45) is 5.41 Å². The van der Waals surface area contributed by atoms with Crippen molar-refractivity contribution in [3.8, 4) is 0 Å². The lowest BCUT2D eigenvalue weighted by Gasteiger charge is -2.29. The summed E-state index contributed by atoms with van der Waals surface area (Å²) in [6.07, 6.45) is 6.07.